The molecule has 16 heavy (non-hydrogen) atoms. The molecule has 1 nitrogen and oxygen atoms in total. The van der Waals surface area contributed by atoms with E-state index in [1.54, 1.807) is 0 Å². The van der Waals surface area contributed by atoms with E-state index in [1.807, 2.05) is 0 Å². The summed E-state index contributed by atoms with van der Waals surface area (Å²) in [6.07, 6.45) is 3.13. The Balaban J connectivity index is 2.29. The molecule has 1 aliphatic carbocycles. The van der Waals surface area contributed by atoms with Crippen molar-refractivity contribution in [2.45, 2.75) is 25.2 Å². The predicted molar refractivity (Wildman–Crippen MR) is 65.7 cm³/mol. The molecule has 0 aliphatic heterocycles. The molecule has 0 bridgehead atoms. The first kappa shape index (κ1) is 9.59. The summed E-state index contributed by atoms with van der Waals surface area (Å²) in [6.45, 7) is 2.10. The van der Waals surface area contributed by atoms with Crippen molar-refractivity contribution in [2.75, 3.05) is 0 Å². The van der Waals surface area contributed by atoms with Crippen molar-refractivity contribution < 1.29 is 4.79 Å². The SMILES string of the molecule is Cc1ccc2c(C3(C=O)CC3)cccc2c1. The first-order valence-electron chi connectivity index (χ1n) is 5.71. The molecule has 1 fully saturated rings. The van der Waals surface area contributed by atoms with Crippen LogP contribution in [0.25, 0.3) is 10.8 Å². The van der Waals surface area contributed by atoms with E-state index in [4.69, 9.17) is 0 Å². The third-order valence-electron chi connectivity index (χ3n) is 3.59. The van der Waals surface area contributed by atoms with E-state index in [1.165, 1.54) is 21.9 Å². The molecule has 0 N–H and O–H groups in total. The van der Waals surface area contributed by atoms with Gasteiger partial charge in [0, 0.05) is 0 Å². The smallest absolute Gasteiger partial charge is 0.130 e. The van der Waals surface area contributed by atoms with Gasteiger partial charge in [-0.25, -0.2) is 0 Å². The Bertz CT molecular complexity index is 565. The Morgan fingerprint density at radius 2 is 2.00 bits per heavy atom. The van der Waals surface area contributed by atoms with Crippen molar-refractivity contribution in [1.29, 1.82) is 0 Å². The topological polar surface area (TPSA) is 17.1 Å². The fourth-order valence-electron chi connectivity index (χ4n) is 2.42. The second kappa shape index (κ2) is 3.18. The van der Waals surface area contributed by atoms with Crippen LogP contribution in [0.15, 0.2) is 36.4 Å². The lowest BCUT2D eigenvalue weighted by Crippen LogP contribution is -2.08. The lowest BCUT2D eigenvalue weighted by Gasteiger charge is -2.11. The molecule has 1 heteroatoms. The van der Waals surface area contributed by atoms with Crippen LogP contribution in [-0.4, -0.2) is 6.29 Å². The van der Waals surface area contributed by atoms with Crippen molar-refractivity contribution in [1.82, 2.24) is 0 Å². The molecule has 0 aromatic heterocycles. The Morgan fingerprint density at radius 3 is 2.69 bits per heavy atom. The van der Waals surface area contributed by atoms with Crippen molar-refractivity contribution >= 4 is 17.1 Å². The summed E-state index contributed by atoms with van der Waals surface area (Å²) in [7, 11) is 0. The number of carbonyl (C=O) groups is 1. The summed E-state index contributed by atoms with van der Waals surface area (Å²) < 4.78 is 0. The zero-order valence-electron chi connectivity index (χ0n) is 9.36. The van der Waals surface area contributed by atoms with Gasteiger partial charge in [0.15, 0.2) is 0 Å². The number of hydrogen-bond donors (Lipinski definition) is 0. The summed E-state index contributed by atoms with van der Waals surface area (Å²) in [6, 6.07) is 12.7. The second-order valence-electron chi connectivity index (χ2n) is 4.80. The fraction of sp³-hybridized carbons (Fsp3) is 0.267. The van der Waals surface area contributed by atoms with Gasteiger partial charge in [0.05, 0.1) is 5.41 Å². The summed E-state index contributed by atoms with van der Waals surface area (Å²) in [5, 5.41) is 2.48. The van der Waals surface area contributed by atoms with Gasteiger partial charge in [0.25, 0.3) is 0 Å². The number of hydrogen-bond acceptors (Lipinski definition) is 1. The van der Waals surface area contributed by atoms with Gasteiger partial charge in [-0.1, -0.05) is 42.0 Å². The molecule has 0 saturated heterocycles. The first-order chi connectivity index (χ1) is 7.75. The van der Waals surface area contributed by atoms with Crippen LogP contribution in [0, 0.1) is 6.92 Å². The van der Waals surface area contributed by atoms with Crippen molar-refractivity contribution in [3.63, 3.8) is 0 Å². The van der Waals surface area contributed by atoms with Gasteiger partial charge in [0.1, 0.15) is 6.29 Å². The number of rotatable bonds is 2. The molecule has 1 saturated carbocycles. The third-order valence-corrected chi connectivity index (χ3v) is 3.59. The molecule has 0 unspecified atom stereocenters. The van der Waals surface area contributed by atoms with Crippen LogP contribution in [0.4, 0.5) is 0 Å². The van der Waals surface area contributed by atoms with E-state index in [9.17, 15) is 4.79 Å². The van der Waals surface area contributed by atoms with Crippen LogP contribution in [0.1, 0.15) is 24.0 Å². The van der Waals surface area contributed by atoms with Crippen molar-refractivity contribution in [3.8, 4) is 0 Å². The maximum absolute atomic E-state index is 11.2. The quantitative estimate of drug-likeness (QED) is 0.694. The lowest BCUT2D eigenvalue weighted by atomic mass is 9.91. The van der Waals surface area contributed by atoms with Crippen LogP contribution in [0.3, 0.4) is 0 Å². The zero-order valence-corrected chi connectivity index (χ0v) is 9.36. The minimum absolute atomic E-state index is 0.172. The molecule has 0 amide bonds. The van der Waals surface area contributed by atoms with Crippen molar-refractivity contribution in [2.24, 2.45) is 0 Å². The summed E-state index contributed by atoms with van der Waals surface area (Å²) in [5.74, 6) is 0. The van der Waals surface area contributed by atoms with E-state index < -0.39 is 0 Å². The molecule has 3 rings (SSSR count). The van der Waals surface area contributed by atoms with Gasteiger partial charge in [-0.2, -0.15) is 0 Å². The molecule has 2 aromatic carbocycles. The Morgan fingerprint density at radius 1 is 1.19 bits per heavy atom. The summed E-state index contributed by atoms with van der Waals surface area (Å²) in [4.78, 5) is 11.2. The fourth-order valence-corrected chi connectivity index (χ4v) is 2.42. The minimum Gasteiger partial charge on any atom is -0.302 e. The summed E-state index contributed by atoms with van der Waals surface area (Å²) >= 11 is 0. The predicted octanol–water partition coefficient (Wildman–Crippen LogP) is 3.38. The number of fused-ring (bicyclic) bond motifs is 1. The van der Waals surface area contributed by atoms with E-state index in [0.717, 1.165) is 19.1 Å². The number of carbonyl (C=O) groups excluding carboxylic acids is 1. The standard InChI is InChI=1S/C15H14O/c1-11-5-6-13-12(9-11)3-2-4-14(13)15(10-16)7-8-15/h2-6,9-10H,7-8H2,1H3. The van der Waals surface area contributed by atoms with Crippen LogP contribution in [0.5, 0.6) is 0 Å². The van der Waals surface area contributed by atoms with Gasteiger partial charge >= 0.3 is 0 Å². The van der Waals surface area contributed by atoms with Crippen LogP contribution in [-0.2, 0) is 10.2 Å². The van der Waals surface area contributed by atoms with Gasteiger partial charge < -0.3 is 4.79 Å². The van der Waals surface area contributed by atoms with Gasteiger partial charge in [-0.3, -0.25) is 0 Å². The number of aryl methyl sites for hydroxylation is 1. The van der Waals surface area contributed by atoms with Crippen LogP contribution >= 0.6 is 0 Å². The van der Waals surface area contributed by atoms with Gasteiger partial charge in [-0.05, 0) is 36.1 Å². The Labute approximate surface area is 95.1 Å². The third kappa shape index (κ3) is 1.28. The van der Waals surface area contributed by atoms with E-state index in [-0.39, 0.29) is 5.41 Å². The largest absolute Gasteiger partial charge is 0.302 e. The molecular weight excluding hydrogens is 196 g/mol. The maximum atomic E-state index is 11.2. The molecule has 1 aliphatic rings. The maximum Gasteiger partial charge on any atom is 0.130 e. The van der Waals surface area contributed by atoms with E-state index in [2.05, 4.69) is 43.3 Å². The lowest BCUT2D eigenvalue weighted by molar-refractivity contribution is -0.109. The highest BCUT2D eigenvalue weighted by atomic mass is 16.1. The highest BCUT2D eigenvalue weighted by molar-refractivity contribution is 5.91. The van der Waals surface area contributed by atoms with Gasteiger partial charge in [0.2, 0.25) is 0 Å². The van der Waals surface area contributed by atoms with E-state index >= 15 is 0 Å². The molecule has 0 atom stereocenters. The Hall–Kier alpha value is -1.63. The minimum atomic E-state index is -0.172. The highest BCUT2D eigenvalue weighted by Gasteiger charge is 2.45. The molecule has 0 spiro atoms. The molecule has 2 aromatic rings. The van der Waals surface area contributed by atoms with Gasteiger partial charge in [-0.15, -0.1) is 0 Å². The second-order valence-corrected chi connectivity index (χ2v) is 4.80. The highest BCUT2D eigenvalue weighted by Crippen LogP contribution is 2.48. The molecule has 0 radical (unpaired) electrons. The molecular formula is C15H14O. The monoisotopic (exact) mass is 210 g/mol. The number of aldehydes is 1. The van der Waals surface area contributed by atoms with Crippen LogP contribution < -0.4 is 0 Å². The average Bonchev–Trinajstić information content (AvgIpc) is 3.08. The molecule has 0 heterocycles. The van der Waals surface area contributed by atoms with Crippen LogP contribution in [0.2, 0.25) is 0 Å². The van der Waals surface area contributed by atoms with Crippen molar-refractivity contribution in [3.05, 3.63) is 47.5 Å². The first-order valence-corrected chi connectivity index (χ1v) is 5.71. The number of benzene rings is 2. The Kier molecular flexibility index (Phi) is 1.90. The normalized spacial score (nSPS) is 17.3. The zero-order chi connectivity index (χ0) is 11.2. The molecule has 80 valence electrons. The summed E-state index contributed by atoms with van der Waals surface area (Å²) in [5.41, 5.74) is 2.30. The average molecular weight is 210 g/mol. The van der Waals surface area contributed by atoms with E-state index in [0.29, 0.717) is 0 Å².